The van der Waals surface area contributed by atoms with Crippen molar-refractivity contribution in [1.29, 1.82) is 0 Å². The standard InChI is InChI=1S/C19H15N7O/c1-12-13-9-22-18(17-20-6-4-7-21-17)24-14(13)11-26(12)19(27)15-10-25-8-3-2-5-16(25)23-15/h2-10,12H,11H2,1H3. The summed E-state index contributed by atoms with van der Waals surface area (Å²) in [6.45, 7) is 2.38. The van der Waals surface area contributed by atoms with Gasteiger partial charge in [0.1, 0.15) is 11.3 Å². The maximum Gasteiger partial charge on any atom is 0.274 e. The monoisotopic (exact) mass is 357 g/mol. The average Bonchev–Trinajstić information content (AvgIpc) is 3.29. The van der Waals surface area contributed by atoms with Gasteiger partial charge in [0.05, 0.1) is 18.3 Å². The van der Waals surface area contributed by atoms with Gasteiger partial charge in [-0.05, 0) is 25.1 Å². The van der Waals surface area contributed by atoms with Crippen molar-refractivity contribution in [2.75, 3.05) is 0 Å². The van der Waals surface area contributed by atoms with E-state index in [1.165, 1.54) is 0 Å². The van der Waals surface area contributed by atoms with Crippen LogP contribution in [0.25, 0.3) is 17.3 Å². The maximum atomic E-state index is 13.0. The maximum absolute atomic E-state index is 13.0. The number of imidazole rings is 1. The molecule has 0 aliphatic carbocycles. The molecule has 5 rings (SSSR count). The highest BCUT2D eigenvalue weighted by molar-refractivity contribution is 5.93. The highest BCUT2D eigenvalue weighted by Gasteiger charge is 2.34. The molecule has 8 nitrogen and oxygen atoms in total. The summed E-state index contributed by atoms with van der Waals surface area (Å²) >= 11 is 0. The molecule has 5 heterocycles. The zero-order valence-corrected chi connectivity index (χ0v) is 14.5. The van der Waals surface area contributed by atoms with E-state index in [1.807, 2.05) is 35.7 Å². The Kier molecular flexibility index (Phi) is 3.43. The lowest BCUT2D eigenvalue weighted by Gasteiger charge is -2.20. The van der Waals surface area contributed by atoms with Crippen molar-refractivity contribution in [2.24, 2.45) is 0 Å². The van der Waals surface area contributed by atoms with Crippen LogP contribution in [0.15, 0.2) is 55.2 Å². The second-order valence-corrected chi connectivity index (χ2v) is 6.37. The molecular formula is C19H15N7O. The Morgan fingerprint density at radius 2 is 1.93 bits per heavy atom. The zero-order valence-electron chi connectivity index (χ0n) is 14.5. The van der Waals surface area contributed by atoms with Gasteiger partial charge in [0, 0.05) is 36.5 Å². The molecule has 4 aromatic heterocycles. The topological polar surface area (TPSA) is 89.2 Å². The van der Waals surface area contributed by atoms with E-state index in [-0.39, 0.29) is 11.9 Å². The SMILES string of the molecule is CC1c2cnc(-c3ncccn3)nc2CN1C(=O)c1cn2ccccc2n1. The molecule has 1 unspecified atom stereocenters. The first-order chi connectivity index (χ1) is 13.2. The summed E-state index contributed by atoms with van der Waals surface area (Å²) < 4.78 is 1.84. The van der Waals surface area contributed by atoms with E-state index in [0.29, 0.717) is 23.9 Å². The van der Waals surface area contributed by atoms with Crippen LogP contribution < -0.4 is 0 Å². The molecule has 0 saturated carbocycles. The summed E-state index contributed by atoms with van der Waals surface area (Å²) in [5.74, 6) is 0.809. The molecule has 0 aromatic carbocycles. The molecule has 132 valence electrons. The van der Waals surface area contributed by atoms with E-state index < -0.39 is 0 Å². The number of rotatable bonds is 2. The van der Waals surface area contributed by atoms with Gasteiger partial charge in [-0.25, -0.2) is 24.9 Å². The predicted octanol–water partition coefficient (Wildman–Crippen LogP) is 2.30. The number of aromatic nitrogens is 6. The molecule has 0 spiro atoms. The number of nitrogens with zero attached hydrogens (tertiary/aromatic N) is 7. The lowest BCUT2D eigenvalue weighted by atomic mass is 10.1. The fraction of sp³-hybridized carbons (Fsp3) is 0.158. The molecule has 4 aromatic rings. The summed E-state index contributed by atoms with van der Waals surface area (Å²) in [6.07, 6.45) is 8.69. The molecule has 0 N–H and O–H groups in total. The molecule has 27 heavy (non-hydrogen) atoms. The number of carbonyl (C=O) groups excluding carboxylic acids is 1. The van der Waals surface area contributed by atoms with Gasteiger partial charge in [-0.3, -0.25) is 4.79 Å². The second-order valence-electron chi connectivity index (χ2n) is 6.37. The van der Waals surface area contributed by atoms with Gasteiger partial charge in [-0.1, -0.05) is 6.07 Å². The molecule has 0 fully saturated rings. The summed E-state index contributed by atoms with van der Waals surface area (Å²) in [5.41, 5.74) is 2.91. The quantitative estimate of drug-likeness (QED) is 0.547. The van der Waals surface area contributed by atoms with Crippen LogP contribution >= 0.6 is 0 Å². The van der Waals surface area contributed by atoms with Crippen LogP contribution in [0.3, 0.4) is 0 Å². The molecule has 1 aliphatic rings. The molecule has 1 aliphatic heterocycles. The van der Waals surface area contributed by atoms with Crippen molar-refractivity contribution >= 4 is 11.6 Å². The van der Waals surface area contributed by atoms with Crippen molar-refractivity contribution in [2.45, 2.75) is 19.5 Å². The number of hydrogen-bond acceptors (Lipinski definition) is 6. The van der Waals surface area contributed by atoms with Gasteiger partial charge >= 0.3 is 0 Å². The highest BCUT2D eigenvalue weighted by atomic mass is 16.2. The van der Waals surface area contributed by atoms with E-state index in [2.05, 4.69) is 24.9 Å². The van der Waals surface area contributed by atoms with E-state index in [4.69, 9.17) is 0 Å². The third kappa shape index (κ3) is 2.53. The minimum atomic E-state index is -0.123. The van der Waals surface area contributed by atoms with Crippen molar-refractivity contribution in [1.82, 2.24) is 34.2 Å². The fourth-order valence-corrected chi connectivity index (χ4v) is 3.32. The summed E-state index contributed by atoms with van der Waals surface area (Å²) in [7, 11) is 0. The van der Waals surface area contributed by atoms with Crippen LogP contribution in [0.4, 0.5) is 0 Å². The van der Waals surface area contributed by atoms with Gasteiger partial charge in [0.15, 0.2) is 11.6 Å². The molecule has 1 atom stereocenters. The normalized spacial score (nSPS) is 15.9. The zero-order chi connectivity index (χ0) is 18.4. The Morgan fingerprint density at radius 1 is 1.07 bits per heavy atom. The van der Waals surface area contributed by atoms with Crippen molar-refractivity contribution < 1.29 is 4.79 Å². The summed E-state index contributed by atoms with van der Waals surface area (Å²) in [6, 6.07) is 7.29. The van der Waals surface area contributed by atoms with Crippen molar-refractivity contribution in [3.05, 3.63) is 72.2 Å². The first-order valence-corrected chi connectivity index (χ1v) is 8.58. The van der Waals surface area contributed by atoms with E-state index in [9.17, 15) is 4.79 Å². The Bertz CT molecular complexity index is 1120. The largest absolute Gasteiger partial charge is 0.324 e. The van der Waals surface area contributed by atoms with Crippen LogP contribution in [0.5, 0.6) is 0 Å². The Hall–Kier alpha value is -3.68. The lowest BCUT2D eigenvalue weighted by Crippen LogP contribution is -2.28. The molecule has 0 saturated heterocycles. The van der Waals surface area contributed by atoms with Crippen LogP contribution in [0, 0.1) is 0 Å². The Balaban J connectivity index is 1.47. The number of amides is 1. The molecule has 0 bridgehead atoms. The third-order valence-electron chi connectivity index (χ3n) is 4.75. The smallest absolute Gasteiger partial charge is 0.274 e. The second kappa shape index (κ2) is 5.94. The van der Waals surface area contributed by atoms with E-state index >= 15 is 0 Å². The summed E-state index contributed by atoms with van der Waals surface area (Å²) in [4.78, 5) is 36.6. The van der Waals surface area contributed by atoms with Crippen LogP contribution in [-0.4, -0.2) is 40.1 Å². The predicted molar refractivity (Wildman–Crippen MR) is 96.5 cm³/mol. The number of carbonyl (C=O) groups is 1. The fourth-order valence-electron chi connectivity index (χ4n) is 3.32. The first-order valence-electron chi connectivity index (χ1n) is 8.58. The number of hydrogen-bond donors (Lipinski definition) is 0. The lowest BCUT2D eigenvalue weighted by molar-refractivity contribution is 0.0698. The molecular weight excluding hydrogens is 342 g/mol. The number of fused-ring (bicyclic) bond motifs is 2. The van der Waals surface area contributed by atoms with Crippen LogP contribution in [0.2, 0.25) is 0 Å². The van der Waals surface area contributed by atoms with Gasteiger partial charge in [0.2, 0.25) is 0 Å². The van der Waals surface area contributed by atoms with Gasteiger partial charge in [-0.2, -0.15) is 0 Å². The van der Waals surface area contributed by atoms with Gasteiger partial charge < -0.3 is 9.30 Å². The number of pyridine rings is 1. The minimum Gasteiger partial charge on any atom is -0.324 e. The molecule has 0 radical (unpaired) electrons. The van der Waals surface area contributed by atoms with Gasteiger partial charge in [0.25, 0.3) is 5.91 Å². The first kappa shape index (κ1) is 15.6. The highest BCUT2D eigenvalue weighted by Crippen LogP contribution is 2.33. The van der Waals surface area contributed by atoms with Crippen LogP contribution in [-0.2, 0) is 6.54 Å². The van der Waals surface area contributed by atoms with Crippen molar-refractivity contribution in [3.8, 4) is 11.6 Å². The minimum absolute atomic E-state index is 0.122. The Labute approximate surface area is 154 Å². The van der Waals surface area contributed by atoms with E-state index in [0.717, 1.165) is 16.9 Å². The molecule has 1 amide bonds. The average molecular weight is 357 g/mol. The van der Waals surface area contributed by atoms with Crippen LogP contribution in [0.1, 0.15) is 34.7 Å². The van der Waals surface area contributed by atoms with Crippen molar-refractivity contribution in [3.63, 3.8) is 0 Å². The molecule has 8 heteroatoms. The van der Waals surface area contributed by atoms with Gasteiger partial charge in [-0.15, -0.1) is 0 Å². The summed E-state index contributed by atoms with van der Waals surface area (Å²) in [5, 5.41) is 0. The third-order valence-corrected chi connectivity index (χ3v) is 4.75. The Morgan fingerprint density at radius 3 is 2.74 bits per heavy atom. The van der Waals surface area contributed by atoms with E-state index in [1.54, 1.807) is 35.8 Å².